The molecule has 5 fully saturated rings. The van der Waals surface area contributed by atoms with Crippen LogP contribution >= 0.6 is 0 Å². The summed E-state index contributed by atoms with van der Waals surface area (Å²) in [5.41, 5.74) is 17.3. The van der Waals surface area contributed by atoms with Crippen LogP contribution in [0.1, 0.15) is 131 Å². The van der Waals surface area contributed by atoms with Gasteiger partial charge in [-0.05, 0) is 159 Å². The molecule has 0 bridgehead atoms. The third-order valence-corrected chi connectivity index (χ3v) is 13.5. The van der Waals surface area contributed by atoms with Gasteiger partial charge in [0.2, 0.25) is 0 Å². The predicted molar refractivity (Wildman–Crippen MR) is 206 cm³/mol. The second-order valence-corrected chi connectivity index (χ2v) is 17.5. The minimum absolute atomic E-state index is 0.489. The number of hydrogen-bond donors (Lipinski definition) is 2. The van der Waals surface area contributed by atoms with E-state index in [0.717, 1.165) is 48.5 Å². The molecule has 5 heteroatoms. The number of nitrogens with one attached hydrogen (secondary N) is 1. The summed E-state index contributed by atoms with van der Waals surface area (Å²) in [4.78, 5) is 10.3. The van der Waals surface area contributed by atoms with Crippen molar-refractivity contribution in [3.05, 3.63) is 89.1 Å². The summed E-state index contributed by atoms with van der Waals surface area (Å²) in [6.45, 7) is 16.0. The van der Waals surface area contributed by atoms with Crippen molar-refractivity contribution in [2.45, 2.75) is 116 Å². The molecular weight excluding hydrogens is 599 g/mol. The zero-order valence-corrected chi connectivity index (χ0v) is 30.4. The Morgan fingerprint density at radius 2 is 1.65 bits per heavy atom. The molecule has 49 heavy (non-hydrogen) atoms. The first kappa shape index (κ1) is 32.9. The van der Waals surface area contributed by atoms with Gasteiger partial charge in [0.15, 0.2) is 0 Å². The molecule has 3 heterocycles. The number of anilines is 3. The topological polar surface area (TPSA) is 57.4 Å². The van der Waals surface area contributed by atoms with Gasteiger partial charge in [-0.2, -0.15) is 0 Å². The molecule has 260 valence electrons. The zero-order chi connectivity index (χ0) is 33.8. The van der Waals surface area contributed by atoms with Gasteiger partial charge >= 0.3 is 0 Å². The van der Waals surface area contributed by atoms with Gasteiger partial charge in [-0.25, -0.2) is 4.98 Å². The Morgan fingerprint density at radius 3 is 2.35 bits per heavy atom. The molecule has 3 N–H and O–H groups in total. The lowest BCUT2D eigenvalue weighted by atomic mass is 9.59. The molecule has 1 aromatic heterocycles. The monoisotopic (exact) mass is 657 g/mol. The van der Waals surface area contributed by atoms with Crippen LogP contribution in [0.5, 0.6) is 0 Å². The third-order valence-electron chi connectivity index (χ3n) is 13.5. The summed E-state index contributed by atoms with van der Waals surface area (Å²) in [6.07, 6.45) is 18.0. The van der Waals surface area contributed by atoms with Crippen molar-refractivity contribution in [3.63, 3.8) is 0 Å². The predicted octanol–water partition coefficient (Wildman–Crippen LogP) is 10.1. The number of nitrogens with two attached hydrogens (primary N) is 1. The average Bonchev–Trinajstić information content (AvgIpc) is 3.83. The summed E-state index contributed by atoms with van der Waals surface area (Å²) in [5.74, 6) is 2.33. The lowest BCUT2D eigenvalue weighted by Crippen LogP contribution is -2.54. The maximum absolute atomic E-state index is 6.51. The average molecular weight is 658 g/mol. The van der Waals surface area contributed by atoms with Crippen LogP contribution in [0.3, 0.4) is 0 Å². The maximum Gasteiger partial charge on any atom is 0.149 e. The fourth-order valence-corrected chi connectivity index (χ4v) is 10.00. The lowest BCUT2D eigenvalue weighted by Gasteiger charge is -2.56. The van der Waals surface area contributed by atoms with Gasteiger partial charge in [0, 0.05) is 49.2 Å². The largest absolute Gasteiger partial charge is 0.396 e. The van der Waals surface area contributed by atoms with E-state index in [0.29, 0.717) is 28.5 Å². The molecule has 0 radical (unpaired) electrons. The van der Waals surface area contributed by atoms with Crippen LogP contribution < -0.4 is 16.0 Å². The fraction of sp³-hybridized carbons (Fsp3) is 0.568. The maximum atomic E-state index is 6.51. The van der Waals surface area contributed by atoms with E-state index >= 15 is 0 Å². The van der Waals surface area contributed by atoms with Crippen LogP contribution in [0.2, 0.25) is 0 Å². The lowest BCUT2D eigenvalue weighted by molar-refractivity contribution is -0.0227. The highest BCUT2D eigenvalue weighted by Crippen LogP contribution is 2.55. The highest BCUT2D eigenvalue weighted by atomic mass is 15.2. The molecule has 2 aliphatic heterocycles. The standard InChI is InChI=1S/C44H59N5/c1-30-24-35(13-14-37(30)31(2)34-25-40(45)42(47-29-34)46-28-32-15-17-43(3,4)18-16-32)48-22-19-44(20-23-48)26-36(27-44)49-21-7-10-41(49)39-9-6-5-8-38(39)33-11-12-33/h5-6,8-9,13-14,24-25,29,32-33,36,41H,2,7,10-12,15-23,26-28,45H2,1,3-4H3,(H,46,47). The van der Waals surface area contributed by atoms with Crippen LogP contribution in [0.25, 0.3) is 5.57 Å². The van der Waals surface area contributed by atoms with E-state index in [4.69, 9.17) is 10.7 Å². The van der Waals surface area contributed by atoms with Gasteiger partial charge in [0.05, 0.1) is 5.69 Å². The second kappa shape index (κ2) is 13.1. The van der Waals surface area contributed by atoms with E-state index in [2.05, 4.69) is 84.9 Å². The Balaban J connectivity index is 0.848. The van der Waals surface area contributed by atoms with E-state index in [-0.39, 0.29) is 0 Å². The molecule has 8 rings (SSSR count). The zero-order valence-electron chi connectivity index (χ0n) is 30.4. The van der Waals surface area contributed by atoms with Crippen molar-refractivity contribution >= 4 is 22.8 Å². The van der Waals surface area contributed by atoms with Crippen LogP contribution in [-0.4, -0.2) is 42.1 Å². The SMILES string of the molecule is C=C(c1cnc(NCC2CCC(C)(C)CC2)c(N)c1)c1ccc(N2CCC3(CC2)CC(N2CCCC2c2ccccc2C2CC2)C3)cc1C. The first-order valence-corrected chi connectivity index (χ1v) is 19.6. The molecule has 2 aromatic carbocycles. The number of piperidine rings is 1. The molecular formula is C44H59N5. The van der Waals surface area contributed by atoms with Gasteiger partial charge in [0.25, 0.3) is 0 Å². The third kappa shape index (κ3) is 6.77. The quantitative estimate of drug-likeness (QED) is 0.240. The first-order valence-electron chi connectivity index (χ1n) is 19.6. The summed E-state index contributed by atoms with van der Waals surface area (Å²) < 4.78 is 0. The van der Waals surface area contributed by atoms with Crippen molar-refractivity contribution in [3.8, 4) is 0 Å². The Labute approximate surface area is 295 Å². The van der Waals surface area contributed by atoms with Gasteiger partial charge in [0.1, 0.15) is 5.82 Å². The highest BCUT2D eigenvalue weighted by molar-refractivity contribution is 5.82. The number of nitrogens with zero attached hydrogens (tertiary/aromatic N) is 3. The van der Waals surface area contributed by atoms with Crippen LogP contribution in [0, 0.1) is 23.7 Å². The van der Waals surface area contributed by atoms with Crippen molar-refractivity contribution in [1.29, 1.82) is 0 Å². The number of aromatic nitrogens is 1. The van der Waals surface area contributed by atoms with Gasteiger partial charge in [-0.3, -0.25) is 4.90 Å². The minimum Gasteiger partial charge on any atom is -0.396 e. The molecule has 5 aliphatic rings. The van der Waals surface area contributed by atoms with Crippen molar-refractivity contribution < 1.29 is 0 Å². The number of nitrogen functional groups attached to an aromatic ring is 1. The Kier molecular flexibility index (Phi) is 8.79. The Morgan fingerprint density at radius 1 is 0.918 bits per heavy atom. The highest BCUT2D eigenvalue weighted by Gasteiger charge is 2.50. The molecule has 3 aromatic rings. The van der Waals surface area contributed by atoms with Crippen LogP contribution in [-0.2, 0) is 0 Å². The Bertz CT molecular complexity index is 1660. The van der Waals surface area contributed by atoms with E-state index in [1.807, 2.05) is 12.3 Å². The van der Waals surface area contributed by atoms with Crippen molar-refractivity contribution in [2.75, 3.05) is 42.1 Å². The van der Waals surface area contributed by atoms with E-state index in [1.54, 1.807) is 11.1 Å². The van der Waals surface area contributed by atoms with Gasteiger partial charge < -0.3 is 16.0 Å². The van der Waals surface area contributed by atoms with Crippen molar-refractivity contribution in [1.82, 2.24) is 9.88 Å². The number of aryl methyl sites for hydroxylation is 1. The van der Waals surface area contributed by atoms with Crippen LogP contribution in [0.4, 0.5) is 17.2 Å². The normalized spacial score (nSPS) is 24.2. The van der Waals surface area contributed by atoms with Crippen molar-refractivity contribution in [2.24, 2.45) is 16.7 Å². The molecule has 5 nitrogen and oxygen atoms in total. The molecule has 1 spiro atoms. The van der Waals surface area contributed by atoms with Gasteiger partial charge in [-0.15, -0.1) is 0 Å². The number of pyridine rings is 1. The molecule has 0 amide bonds. The van der Waals surface area contributed by atoms with Gasteiger partial charge in [-0.1, -0.05) is 50.8 Å². The first-order chi connectivity index (χ1) is 23.7. The number of hydrogen-bond acceptors (Lipinski definition) is 5. The summed E-state index contributed by atoms with van der Waals surface area (Å²) >= 11 is 0. The van der Waals surface area contributed by atoms with E-state index < -0.39 is 0 Å². The minimum atomic E-state index is 0.489. The molecule has 3 aliphatic carbocycles. The smallest absolute Gasteiger partial charge is 0.149 e. The van der Waals surface area contributed by atoms with E-state index in [9.17, 15) is 0 Å². The fourth-order valence-electron chi connectivity index (χ4n) is 10.00. The van der Waals surface area contributed by atoms with E-state index in [1.165, 1.54) is 100 Å². The molecule has 3 saturated carbocycles. The summed E-state index contributed by atoms with van der Waals surface area (Å²) in [5, 5.41) is 3.54. The summed E-state index contributed by atoms with van der Waals surface area (Å²) in [7, 11) is 0. The number of benzene rings is 2. The molecule has 1 atom stereocenters. The number of likely N-dealkylation sites (tertiary alicyclic amines) is 1. The Hall–Kier alpha value is -3.31. The second-order valence-electron chi connectivity index (χ2n) is 17.5. The molecule has 2 saturated heterocycles. The number of rotatable bonds is 9. The molecule has 1 unspecified atom stereocenters. The summed E-state index contributed by atoms with van der Waals surface area (Å²) in [6, 6.07) is 19.8. The van der Waals surface area contributed by atoms with Crippen LogP contribution in [0.15, 0.2) is 61.3 Å².